The van der Waals surface area contributed by atoms with Gasteiger partial charge in [-0.3, -0.25) is 0 Å². The minimum atomic E-state index is -1.50. The molecule has 1 N–H and O–H groups in total. The van der Waals surface area contributed by atoms with Crippen LogP contribution in [-0.4, -0.2) is 19.8 Å². The monoisotopic (exact) mass is 475 g/mol. The summed E-state index contributed by atoms with van der Waals surface area (Å²) in [6, 6.07) is 11.3. The Morgan fingerprint density at radius 3 is 2.24 bits per heavy atom. The lowest BCUT2D eigenvalue weighted by molar-refractivity contribution is -0.742. The molecule has 3 rings (SSSR count). The smallest absolute Gasteiger partial charge is 0.291 e. The van der Waals surface area contributed by atoms with Crippen molar-refractivity contribution in [1.29, 1.82) is 0 Å². The molecule has 0 spiro atoms. The van der Waals surface area contributed by atoms with Crippen molar-refractivity contribution in [2.24, 2.45) is 0 Å². The summed E-state index contributed by atoms with van der Waals surface area (Å²) in [5.74, 6) is 0.214. The van der Waals surface area contributed by atoms with Gasteiger partial charge in [-0.2, -0.15) is 0 Å². The van der Waals surface area contributed by atoms with Crippen LogP contribution in [0.4, 0.5) is 0 Å². The lowest BCUT2D eigenvalue weighted by Crippen LogP contribution is -2.10. The van der Waals surface area contributed by atoms with Crippen LogP contribution in [0.25, 0.3) is 0 Å². The minimum Gasteiger partial charge on any atom is -0.337 e. The molecule has 3 aromatic rings. The summed E-state index contributed by atoms with van der Waals surface area (Å²) < 4.78 is 2.05. The Bertz CT molecular complexity index is 948. The average molecular weight is 477 g/mol. The second kappa shape index (κ2) is 11.3. The van der Waals surface area contributed by atoms with Gasteiger partial charge in [0.2, 0.25) is 0 Å². The van der Waals surface area contributed by atoms with Crippen molar-refractivity contribution in [3.8, 4) is 0 Å². The third kappa shape index (κ3) is 7.74. The van der Waals surface area contributed by atoms with E-state index in [4.69, 9.17) is 61.7 Å². The molecule has 0 amide bonds. The van der Waals surface area contributed by atoms with E-state index >= 15 is 0 Å². The Morgan fingerprint density at radius 2 is 1.69 bits per heavy atom. The molecule has 0 saturated carbocycles. The van der Waals surface area contributed by atoms with E-state index in [0.29, 0.717) is 20.1 Å². The van der Waals surface area contributed by atoms with Crippen molar-refractivity contribution in [3.05, 3.63) is 96.5 Å². The lowest BCUT2D eigenvalue weighted by atomic mass is 9.92. The standard InChI is InChI=1S/C19H16Cl4N2.HNO3/c20-15-4-3-13(18(22)9-15)1-2-14(11-25-8-7-24-12-25)17-6-5-16(21)10-19(17)23;2-1(3)4/h3-10,12,14H,1-2,11H2;(H,2,3,4). The number of benzene rings is 2. The van der Waals surface area contributed by atoms with Crippen molar-refractivity contribution in [2.75, 3.05) is 0 Å². The van der Waals surface area contributed by atoms with Gasteiger partial charge in [-0.25, -0.2) is 4.98 Å². The highest BCUT2D eigenvalue weighted by Crippen LogP contribution is 2.33. The summed E-state index contributed by atoms with van der Waals surface area (Å²) in [5.41, 5.74) is 2.15. The Balaban J connectivity index is 0.000000687. The van der Waals surface area contributed by atoms with E-state index in [1.54, 1.807) is 18.3 Å². The van der Waals surface area contributed by atoms with Gasteiger partial charge in [0.1, 0.15) is 0 Å². The summed E-state index contributed by atoms with van der Waals surface area (Å²) in [6.45, 7) is 0.784. The van der Waals surface area contributed by atoms with Crippen LogP contribution in [0.15, 0.2) is 55.1 Å². The van der Waals surface area contributed by atoms with Crippen molar-refractivity contribution in [1.82, 2.24) is 9.55 Å². The molecule has 0 bridgehead atoms. The number of imidazole rings is 1. The largest absolute Gasteiger partial charge is 0.337 e. The van der Waals surface area contributed by atoms with Gasteiger partial charge in [-0.1, -0.05) is 58.5 Å². The van der Waals surface area contributed by atoms with Gasteiger partial charge in [0.15, 0.2) is 0 Å². The highest BCUT2D eigenvalue weighted by molar-refractivity contribution is 6.35. The van der Waals surface area contributed by atoms with Gasteiger partial charge in [-0.05, 0) is 48.2 Å². The quantitative estimate of drug-likeness (QED) is 0.322. The fourth-order valence-electron chi connectivity index (χ4n) is 2.88. The molecule has 0 aliphatic carbocycles. The zero-order valence-electron chi connectivity index (χ0n) is 15.0. The number of rotatable bonds is 6. The Labute approximate surface area is 187 Å². The van der Waals surface area contributed by atoms with Gasteiger partial charge in [0.25, 0.3) is 5.09 Å². The molecule has 29 heavy (non-hydrogen) atoms. The second-order valence-electron chi connectivity index (χ2n) is 6.13. The number of hydrogen-bond donors (Lipinski definition) is 1. The normalized spacial score (nSPS) is 11.4. The van der Waals surface area contributed by atoms with Crippen LogP contribution in [0.3, 0.4) is 0 Å². The summed E-state index contributed by atoms with van der Waals surface area (Å²) in [7, 11) is 0. The van der Waals surface area contributed by atoms with Gasteiger partial charge < -0.3 is 9.77 Å². The van der Waals surface area contributed by atoms with Gasteiger partial charge in [0.05, 0.1) is 6.33 Å². The first kappa shape index (κ1) is 23.3. The first-order valence-corrected chi connectivity index (χ1v) is 9.95. The molecular weight excluding hydrogens is 460 g/mol. The third-order valence-electron chi connectivity index (χ3n) is 4.17. The average Bonchev–Trinajstić information content (AvgIpc) is 3.13. The minimum absolute atomic E-state index is 0.214. The third-order valence-corrected chi connectivity index (χ3v) is 5.32. The number of aryl methyl sites for hydroxylation is 1. The fraction of sp³-hybridized carbons (Fsp3) is 0.211. The van der Waals surface area contributed by atoms with Crippen LogP contribution in [-0.2, 0) is 13.0 Å². The predicted octanol–water partition coefficient (Wildman–Crippen LogP) is 6.57. The lowest BCUT2D eigenvalue weighted by Gasteiger charge is -2.20. The fourth-order valence-corrected chi connectivity index (χ4v) is 3.95. The van der Waals surface area contributed by atoms with E-state index in [1.807, 2.05) is 36.8 Å². The zero-order chi connectivity index (χ0) is 21.4. The highest BCUT2D eigenvalue weighted by Gasteiger charge is 2.17. The Morgan fingerprint density at radius 1 is 1.07 bits per heavy atom. The molecule has 0 aliphatic rings. The number of aromatic nitrogens is 2. The molecule has 1 aromatic heterocycles. The second-order valence-corrected chi connectivity index (χ2v) is 7.82. The SMILES string of the molecule is Clc1ccc(CCC(Cn2ccnc2)c2ccc(Cl)cc2Cl)c(Cl)c1.O=[N+]([O-])O. The van der Waals surface area contributed by atoms with E-state index < -0.39 is 5.09 Å². The molecule has 10 heteroatoms. The van der Waals surface area contributed by atoms with Crippen LogP contribution in [0.2, 0.25) is 20.1 Å². The van der Waals surface area contributed by atoms with E-state index in [0.717, 1.165) is 30.5 Å². The summed E-state index contributed by atoms with van der Waals surface area (Å²) in [4.78, 5) is 12.5. The molecule has 6 nitrogen and oxygen atoms in total. The van der Waals surface area contributed by atoms with Crippen LogP contribution in [0.1, 0.15) is 23.5 Å². The number of halogens is 4. The van der Waals surface area contributed by atoms with Crippen LogP contribution < -0.4 is 0 Å². The van der Waals surface area contributed by atoms with Crippen molar-refractivity contribution >= 4 is 46.4 Å². The number of hydrogen-bond acceptors (Lipinski definition) is 3. The van der Waals surface area contributed by atoms with E-state index in [-0.39, 0.29) is 5.92 Å². The predicted molar refractivity (Wildman–Crippen MR) is 115 cm³/mol. The summed E-state index contributed by atoms with van der Waals surface area (Å²) in [6.07, 6.45) is 7.25. The molecular formula is C19H17Cl4N3O3. The zero-order valence-corrected chi connectivity index (χ0v) is 18.0. The molecule has 1 atom stereocenters. The van der Waals surface area contributed by atoms with Gasteiger partial charge in [0, 0.05) is 44.9 Å². The molecule has 0 aliphatic heterocycles. The Hall–Kier alpha value is -1.99. The van der Waals surface area contributed by atoms with Crippen LogP contribution >= 0.6 is 46.4 Å². The molecule has 0 saturated heterocycles. The van der Waals surface area contributed by atoms with Crippen molar-refractivity contribution in [3.63, 3.8) is 0 Å². The maximum absolute atomic E-state index is 8.36. The van der Waals surface area contributed by atoms with Crippen LogP contribution in [0, 0.1) is 10.1 Å². The first-order valence-electron chi connectivity index (χ1n) is 8.44. The molecule has 0 radical (unpaired) electrons. The molecule has 2 aromatic carbocycles. The van der Waals surface area contributed by atoms with E-state index in [9.17, 15) is 0 Å². The maximum atomic E-state index is 8.36. The highest BCUT2D eigenvalue weighted by atomic mass is 35.5. The van der Waals surface area contributed by atoms with Crippen molar-refractivity contribution in [2.45, 2.75) is 25.3 Å². The summed E-state index contributed by atoms with van der Waals surface area (Å²) in [5, 5.41) is 16.3. The maximum Gasteiger partial charge on any atom is 0.291 e. The molecule has 0 fully saturated rings. The molecule has 1 unspecified atom stereocenters. The van der Waals surface area contributed by atoms with Crippen LogP contribution in [0.5, 0.6) is 0 Å². The Kier molecular flexibility index (Phi) is 9.04. The van der Waals surface area contributed by atoms with E-state index in [2.05, 4.69) is 9.55 Å². The first-order chi connectivity index (χ1) is 13.8. The number of nitrogens with zero attached hydrogens (tertiary/aromatic N) is 3. The van der Waals surface area contributed by atoms with E-state index in [1.165, 1.54) is 0 Å². The van der Waals surface area contributed by atoms with Crippen molar-refractivity contribution < 1.29 is 10.3 Å². The van der Waals surface area contributed by atoms with Gasteiger partial charge in [-0.15, -0.1) is 10.1 Å². The molecule has 154 valence electrons. The topological polar surface area (TPSA) is 81.2 Å². The van der Waals surface area contributed by atoms with Gasteiger partial charge >= 0.3 is 0 Å². The molecule has 1 heterocycles. The summed E-state index contributed by atoms with van der Waals surface area (Å²) >= 11 is 24.8.